The molecule has 2 aromatic rings. The van der Waals surface area contributed by atoms with Crippen LogP contribution in [0.3, 0.4) is 0 Å². The van der Waals surface area contributed by atoms with Gasteiger partial charge in [0.2, 0.25) is 5.75 Å². The number of fused-ring (bicyclic) bond motifs is 2. The van der Waals surface area contributed by atoms with E-state index in [1.165, 1.54) is 29.5 Å². The van der Waals surface area contributed by atoms with Gasteiger partial charge in [-0.3, -0.25) is 9.59 Å². The topological polar surface area (TPSA) is 75.4 Å². The van der Waals surface area contributed by atoms with Gasteiger partial charge in [-0.1, -0.05) is 31.0 Å². The normalized spacial score (nSPS) is 19.7. The van der Waals surface area contributed by atoms with Crippen molar-refractivity contribution in [2.24, 2.45) is 0 Å². The van der Waals surface area contributed by atoms with Crippen molar-refractivity contribution >= 4 is 5.91 Å². The maximum Gasteiger partial charge on any atom is 0.315 e. The number of rotatable bonds is 4. The van der Waals surface area contributed by atoms with Crippen LogP contribution in [0.5, 0.6) is 5.75 Å². The summed E-state index contributed by atoms with van der Waals surface area (Å²) >= 11 is 0. The molecule has 1 fully saturated rings. The maximum absolute atomic E-state index is 13.1. The third-order valence-corrected chi connectivity index (χ3v) is 7.66. The lowest BCUT2D eigenvalue weighted by molar-refractivity contribution is 0.0636. The van der Waals surface area contributed by atoms with E-state index in [9.17, 15) is 14.7 Å². The van der Waals surface area contributed by atoms with Crippen molar-refractivity contribution in [3.05, 3.63) is 56.8 Å². The van der Waals surface area contributed by atoms with E-state index < -0.39 is 11.3 Å². The largest absolute Gasteiger partial charge is 0.501 e. The van der Waals surface area contributed by atoms with Crippen LogP contribution in [0, 0.1) is 0 Å². The van der Waals surface area contributed by atoms with Crippen LogP contribution in [0.15, 0.2) is 23.0 Å². The average Bonchev–Trinajstić information content (AvgIpc) is 3.41. The Morgan fingerprint density at radius 1 is 1.06 bits per heavy atom. The van der Waals surface area contributed by atoms with Crippen LogP contribution >= 0.6 is 0 Å². The molecule has 31 heavy (non-hydrogen) atoms. The highest BCUT2D eigenvalue weighted by atomic mass is 16.3. The van der Waals surface area contributed by atoms with Crippen molar-refractivity contribution in [3.8, 4) is 5.75 Å². The summed E-state index contributed by atoms with van der Waals surface area (Å²) in [6, 6.07) is 6.96. The van der Waals surface area contributed by atoms with Crippen molar-refractivity contribution in [3.63, 3.8) is 0 Å². The highest BCUT2D eigenvalue weighted by Gasteiger charge is 2.39. The molecule has 6 nitrogen and oxygen atoms in total. The standard InChI is InChI=1S/C25H31N3O3/c1-16(2)27-12-13-28-20(26-23(30)22(29)21(28)24(27)31)15-25(10-3-4-11-25)19-9-8-17-6-5-7-18(17)14-19/h8-9,14,16,29H,3-7,10-13,15H2,1-2H3. The molecule has 5 rings (SSSR count). The number of hydrogen-bond acceptors (Lipinski definition) is 4. The highest BCUT2D eigenvalue weighted by Crippen LogP contribution is 2.44. The number of aryl methyl sites for hydroxylation is 2. The molecule has 0 spiro atoms. The molecule has 1 N–H and O–H groups in total. The Labute approximate surface area is 182 Å². The van der Waals surface area contributed by atoms with E-state index in [2.05, 4.69) is 23.2 Å². The number of nitrogens with zero attached hydrogens (tertiary/aromatic N) is 3. The molecule has 1 saturated carbocycles. The zero-order valence-electron chi connectivity index (χ0n) is 18.5. The zero-order valence-corrected chi connectivity index (χ0v) is 18.5. The number of amides is 1. The van der Waals surface area contributed by atoms with Gasteiger partial charge in [-0.05, 0) is 62.6 Å². The number of benzene rings is 1. The Balaban J connectivity index is 1.58. The minimum absolute atomic E-state index is 0.0138. The molecule has 2 heterocycles. The average molecular weight is 422 g/mol. The third kappa shape index (κ3) is 3.27. The Morgan fingerprint density at radius 2 is 1.81 bits per heavy atom. The van der Waals surface area contributed by atoms with E-state index in [1.807, 2.05) is 18.4 Å². The lowest BCUT2D eigenvalue weighted by Crippen LogP contribution is -2.46. The van der Waals surface area contributed by atoms with Gasteiger partial charge in [0.05, 0.1) is 0 Å². The first kappa shape index (κ1) is 20.3. The summed E-state index contributed by atoms with van der Waals surface area (Å²) in [5.74, 6) is -0.161. The smallest absolute Gasteiger partial charge is 0.315 e. The molecular formula is C25H31N3O3. The molecule has 0 bridgehead atoms. The summed E-state index contributed by atoms with van der Waals surface area (Å²) in [5, 5.41) is 10.4. The monoisotopic (exact) mass is 421 g/mol. The molecule has 6 heteroatoms. The van der Waals surface area contributed by atoms with Gasteiger partial charge in [-0.15, -0.1) is 0 Å². The summed E-state index contributed by atoms with van der Waals surface area (Å²) < 4.78 is 1.81. The molecular weight excluding hydrogens is 390 g/mol. The van der Waals surface area contributed by atoms with Crippen molar-refractivity contribution < 1.29 is 9.90 Å². The van der Waals surface area contributed by atoms with Gasteiger partial charge in [0.1, 0.15) is 5.82 Å². The first-order valence-corrected chi connectivity index (χ1v) is 11.7. The van der Waals surface area contributed by atoms with Gasteiger partial charge in [0.15, 0.2) is 5.69 Å². The molecule has 2 aliphatic carbocycles. The first-order valence-electron chi connectivity index (χ1n) is 11.7. The van der Waals surface area contributed by atoms with Crippen LogP contribution in [-0.4, -0.2) is 38.1 Å². The van der Waals surface area contributed by atoms with Gasteiger partial charge in [-0.25, -0.2) is 0 Å². The van der Waals surface area contributed by atoms with Crippen molar-refractivity contribution in [2.75, 3.05) is 6.54 Å². The van der Waals surface area contributed by atoms with E-state index in [4.69, 9.17) is 0 Å². The Bertz CT molecular complexity index is 1100. The van der Waals surface area contributed by atoms with Crippen LogP contribution < -0.4 is 5.56 Å². The summed E-state index contributed by atoms with van der Waals surface area (Å²) in [4.78, 5) is 31.6. The summed E-state index contributed by atoms with van der Waals surface area (Å²) in [5.41, 5.74) is 3.62. The van der Waals surface area contributed by atoms with E-state index in [1.54, 1.807) is 4.90 Å². The molecule has 164 valence electrons. The van der Waals surface area contributed by atoms with E-state index in [0.717, 1.165) is 32.1 Å². The fourth-order valence-electron chi connectivity index (χ4n) is 5.94. The second-order valence-corrected chi connectivity index (χ2v) is 9.78. The second kappa shape index (κ2) is 7.50. The van der Waals surface area contributed by atoms with Crippen LogP contribution in [-0.2, 0) is 31.2 Å². The van der Waals surface area contributed by atoms with Gasteiger partial charge >= 0.3 is 5.56 Å². The lowest BCUT2D eigenvalue weighted by Gasteiger charge is -2.36. The second-order valence-electron chi connectivity index (χ2n) is 9.78. The fraction of sp³-hybridized carbons (Fsp3) is 0.560. The number of aromatic hydroxyl groups is 1. The highest BCUT2D eigenvalue weighted by molar-refractivity contribution is 5.95. The summed E-state index contributed by atoms with van der Waals surface area (Å²) in [6.07, 6.45) is 8.60. The maximum atomic E-state index is 13.1. The van der Waals surface area contributed by atoms with Gasteiger partial charge in [0.25, 0.3) is 5.91 Å². The van der Waals surface area contributed by atoms with Crippen LogP contribution in [0.4, 0.5) is 0 Å². The summed E-state index contributed by atoms with van der Waals surface area (Å²) in [7, 11) is 0. The van der Waals surface area contributed by atoms with Crippen molar-refractivity contribution in [1.29, 1.82) is 0 Å². The number of hydrogen-bond donors (Lipinski definition) is 1. The van der Waals surface area contributed by atoms with Crippen LogP contribution in [0.25, 0.3) is 0 Å². The number of carbonyl (C=O) groups excluding carboxylic acids is 1. The molecule has 0 saturated heterocycles. The van der Waals surface area contributed by atoms with Crippen molar-refractivity contribution in [1.82, 2.24) is 14.5 Å². The fourth-order valence-corrected chi connectivity index (χ4v) is 5.94. The minimum atomic E-state index is -0.692. The zero-order chi connectivity index (χ0) is 21.8. The van der Waals surface area contributed by atoms with E-state index in [0.29, 0.717) is 25.3 Å². The first-order chi connectivity index (χ1) is 14.9. The number of aromatic nitrogens is 2. The molecule has 1 aromatic heterocycles. The number of carbonyl (C=O) groups is 1. The predicted molar refractivity (Wildman–Crippen MR) is 119 cm³/mol. The minimum Gasteiger partial charge on any atom is -0.501 e. The SMILES string of the molecule is CC(C)N1CCn2c(CC3(c4ccc5c(c4)CCC5)CCCC3)nc(=O)c(O)c2C1=O. The Hall–Kier alpha value is -2.63. The third-order valence-electron chi connectivity index (χ3n) is 7.66. The lowest BCUT2D eigenvalue weighted by atomic mass is 9.75. The summed E-state index contributed by atoms with van der Waals surface area (Å²) in [6.45, 7) is 5.01. The molecule has 0 unspecified atom stereocenters. The molecule has 0 atom stereocenters. The molecule has 1 aromatic carbocycles. The van der Waals surface area contributed by atoms with E-state index in [-0.39, 0.29) is 23.1 Å². The predicted octanol–water partition coefficient (Wildman–Crippen LogP) is 3.36. The van der Waals surface area contributed by atoms with E-state index >= 15 is 0 Å². The molecule has 1 aliphatic heterocycles. The van der Waals surface area contributed by atoms with Crippen LogP contribution in [0.2, 0.25) is 0 Å². The van der Waals surface area contributed by atoms with Gasteiger partial charge in [0, 0.05) is 31.0 Å². The Morgan fingerprint density at radius 3 is 2.55 bits per heavy atom. The Kier molecular flexibility index (Phi) is 4.91. The molecule has 0 radical (unpaired) electrons. The van der Waals surface area contributed by atoms with Gasteiger partial charge in [-0.2, -0.15) is 4.98 Å². The van der Waals surface area contributed by atoms with Crippen LogP contribution in [0.1, 0.15) is 79.0 Å². The quantitative estimate of drug-likeness (QED) is 0.821. The molecule has 3 aliphatic rings. The molecule has 1 amide bonds. The van der Waals surface area contributed by atoms with Gasteiger partial charge < -0.3 is 14.6 Å². The van der Waals surface area contributed by atoms with Crippen molar-refractivity contribution in [2.45, 2.75) is 83.2 Å².